The Morgan fingerprint density at radius 2 is 1.00 bits per heavy atom. The molecule has 0 saturated carbocycles. The van der Waals surface area contributed by atoms with Gasteiger partial charge in [0.2, 0.25) is 0 Å². The van der Waals surface area contributed by atoms with Gasteiger partial charge < -0.3 is 0 Å². The van der Waals surface area contributed by atoms with Crippen LogP contribution in [0.15, 0.2) is 0 Å². The van der Waals surface area contributed by atoms with E-state index in [4.69, 9.17) is 0 Å². The van der Waals surface area contributed by atoms with E-state index in [2.05, 4.69) is 22.5 Å². The van der Waals surface area contributed by atoms with Crippen LogP contribution in [0.2, 0.25) is 0 Å². The van der Waals surface area contributed by atoms with Crippen molar-refractivity contribution in [2.24, 2.45) is 11.7 Å². The van der Waals surface area contributed by atoms with Crippen molar-refractivity contribution < 1.29 is 0 Å². The zero-order chi connectivity index (χ0) is 5.41. The first-order chi connectivity index (χ1) is 2.83. The standard InChI is InChI=1S/2CH6N2/c2*1-3-2/h2*3H,2H2,1H3. The predicted molar refractivity (Wildman–Crippen MR) is 26.5 cm³/mol. The molecule has 4 nitrogen and oxygen atoms in total. The van der Waals surface area contributed by atoms with E-state index in [-0.39, 0.29) is 0 Å². The van der Waals surface area contributed by atoms with Gasteiger partial charge >= 0.3 is 0 Å². The van der Waals surface area contributed by atoms with Gasteiger partial charge in [0.15, 0.2) is 0 Å². The minimum absolute atomic E-state index is 1.65. The Labute approximate surface area is 37.8 Å². The highest BCUT2D eigenvalue weighted by atomic mass is 15.2. The number of nitrogens with two attached hydrogens (primary N) is 2. The lowest BCUT2D eigenvalue weighted by Gasteiger charge is -1.62. The zero-order valence-electron chi connectivity index (χ0n) is 4.15. The van der Waals surface area contributed by atoms with Crippen molar-refractivity contribution in [2.45, 2.75) is 0 Å². The number of hydrazine groups is 2. The summed E-state index contributed by atoms with van der Waals surface area (Å²) >= 11 is 0. The largest absolute Gasteiger partial charge is 0.272 e. The molecule has 0 saturated heterocycles. The average Bonchev–Trinajstić information content (AvgIpc) is 1.39. The van der Waals surface area contributed by atoms with Gasteiger partial charge in [-0.1, -0.05) is 0 Å². The third kappa shape index (κ3) is 1210. The molecule has 0 aromatic carbocycles. The summed E-state index contributed by atoms with van der Waals surface area (Å²) in [6.45, 7) is 0. The average molecular weight is 92.1 g/mol. The Bertz CT molecular complexity index is 7.51. The van der Waals surface area contributed by atoms with Gasteiger partial charge in [0, 0.05) is 0 Å². The molecule has 0 spiro atoms. The summed E-state index contributed by atoms with van der Waals surface area (Å²) in [4.78, 5) is 0. The fourth-order valence-electron chi connectivity index (χ4n) is 0. The molecule has 0 heterocycles. The molecule has 0 atom stereocenters. The highest BCUT2D eigenvalue weighted by molar-refractivity contribution is 3.79. The van der Waals surface area contributed by atoms with Crippen molar-refractivity contribution in [1.82, 2.24) is 10.9 Å². The van der Waals surface area contributed by atoms with Crippen molar-refractivity contribution in [2.75, 3.05) is 14.1 Å². The lowest BCUT2D eigenvalue weighted by molar-refractivity contribution is 0.900. The quantitative estimate of drug-likeness (QED) is 0.209. The van der Waals surface area contributed by atoms with Gasteiger partial charge in [0.1, 0.15) is 0 Å². The van der Waals surface area contributed by atoms with E-state index in [1.807, 2.05) is 0 Å². The smallest absolute Gasteiger partial charge is 0.00172 e. The third-order valence-electron chi connectivity index (χ3n) is 0. The summed E-state index contributed by atoms with van der Waals surface area (Å²) in [6, 6.07) is 0. The van der Waals surface area contributed by atoms with Crippen molar-refractivity contribution in [3.05, 3.63) is 0 Å². The highest BCUT2D eigenvalue weighted by Crippen LogP contribution is 0.819. The van der Waals surface area contributed by atoms with E-state index < -0.39 is 0 Å². The molecule has 0 radical (unpaired) electrons. The Balaban J connectivity index is 0. The molecule has 0 aromatic heterocycles. The Morgan fingerprint density at radius 1 is 1.00 bits per heavy atom. The van der Waals surface area contributed by atoms with Crippen LogP contribution in [-0.4, -0.2) is 14.1 Å². The number of hydrogen-bond donors (Lipinski definition) is 4. The second kappa shape index (κ2) is 21.1. The van der Waals surface area contributed by atoms with Crippen molar-refractivity contribution in [3.8, 4) is 0 Å². The Kier molecular flexibility index (Phi) is 32.6. The van der Waals surface area contributed by atoms with E-state index in [0.29, 0.717) is 0 Å². The maximum Gasteiger partial charge on any atom is -0.00172 e. The summed E-state index contributed by atoms with van der Waals surface area (Å²) < 4.78 is 0. The number of rotatable bonds is 0. The summed E-state index contributed by atoms with van der Waals surface area (Å²) in [6.07, 6.45) is 0. The molecule has 0 rings (SSSR count). The number of nitrogens with one attached hydrogen (secondary N) is 2. The van der Waals surface area contributed by atoms with Gasteiger partial charge in [-0.2, -0.15) is 0 Å². The molecule has 0 aliphatic carbocycles. The maximum absolute atomic E-state index is 4.60. The first-order valence-electron chi connectivity index (χ1n) is 1.58. The molecule has 0 aliphatic heterocycles. The number of hydrogen-bond acceptors (Lipinski definition) is 4. The van der Waals surface area contributed by atoms with Crippen LogP contribution in [0.5, 0.6) is 0 Å². The minimum Gasteiger partial charge on any atom is -0.272 e. The van der Waals surface area contributed by atoms with Crippen molar-refractivity contribution >= 4 is 0 Å². The fourth-order valence-corrected chi connectivity index (χ4v) is 0. The molecule has 0 amide bonds. The zero-order valence-corrected chi connectivity index (χ0v) is 4.15. The van der Waals surface area contributed by atoms with Crippen LogP contribution in [0.25, 0.3) is 0 Å². The fraction of sp³-hybridized carbons (Fsp3) is 1.00. The first kappa shape index (κ1) is 9.28. The second-order valence-corrected chi connectivity index (χ2v) is 0.577. The summed E-state index contributed by atoms with van der Waals surface area (Å²) in [7, 11) is 3.31. The van der Waals surface area contributed by atoms with Gasteiger partial charge in [-0.15, -0.1) is 0 Å². The van der Waals surface area contributed by atoms with Crippen LogP contribution < -0.4 is 22.5 Å². The van der Waals surface area contributed by atoms with Gasteiger partial charge in [0.25, 0.3) is 0 Å². The lowest BCUT2D eigenvalue weighted by Crippen LogP contribution is -2.13. The summed E-state index contributed by atoms with van der Waals surface area (Å²) in [5.41, 5.74) is 4.50. The van der Waals surface area contributed by atoms with E-state index in [0.717, 1.165) is 0 Å². The molecular weight excluding hydrogens is 80.1 g/mol. The van der Waals surface area contributed by atoms with Crippen LogP contribution in [-0.2, 0) is 0 Å². The predicted octanol–water partition coefficient (Wildman–Crippen LogP) is -1.84. The third-order valence-corrected chi connectivity index (χ3v) is 0. The van der Waals surface area contributed by atoms with Crippen LogP contribution >= 0.6 is 0 Å². The first-order valence-corrected chi connectivity index (χ1v) is 1.58. The van der Waals surface area contributed by atoms with Crippen LogP contribution in [0.3, 0.4) is 0 Å². The van der Waals surface area contributed by atoms with Gasteiger partial charge in [0.05, 0.1) is 0 Å². The van der Waals surface area contributed by atoms with E-state index >= 15 is 0 Å². The Morgan fingerprint density at radius 3 is 1.00 bits per heavy atom. The molecule has 4 heteroatoms. The molecule has 0 unspecified atom stereocenters. The summed E-state index contributed by atoms with van der Waals surface area (Å²) in [5.74, 6) is 9.19. The van der Waals surface area contributed by atoms with Crippen molar-refractivity contribution in [1.29, 1.82) is 0 Å². The second-order valence-electron chi connectivity index (χ2n) is 0.577. The molecule has 0 bridgehead atoms. The summed E-state index contributed by atoms with van der Waals surface area (Å²) in [5, 5.41) is 0. The Hall–Kier alpha value is -0.160. The van der Waals surface area contributed by atoms with Crippen LogP contribution in [0.4, 0.5) is 0 Å². The maximum atomic E-state index is 4.60. The van der Waals surface area contributed by atoms with Gasteiger partial charge in [-0.25, -0.2) is 0 Å². The van der Waals surface area contributed by atoms with Gasteiger partial charge in [-0.05, 0) is 14.1 Å². The normalized spacial score (nSPS) is 6.00. The lowest BCUT2D eigenvalue weighted by atomic mass is 11.5. The van der Waals surface area contributed by atoms with E-state index in [9.17, 15) is 0 Å². The van der Waals surface area contributed by atoms with Gasteiger partial charge in [-0.3, -0.25) is 22.5 Å². The topological polar surface area (TPSA) is 76.1 Å². The highest BCUT2D eigenvalue weighted by Gasteiger charge is 1.23. The molecule has 40 valence electrons. The molecule has 6 N–H and O–H groups in total. The minimum atomic E-state index is 1.65. The molecule has 0 aromatic rings. The molecule has 6 heavy (non-hydrogen) atoms. The van der Waals surface area contributed by atoms with E-state index in [1.165, 1.54) is 0 Å². The van der Waals surface area contributed by atoms with E-state index in [1.54, 1.807) is 14.1 Å². The molecule has 0 aliphatic rings. The van der Waals surface area contributed by atoms with Crippen LogP contribution in [0, 0.1) is 0 Å². The SMILES string of the molecule is CNN.CNN. The molecule has 0 fully saturated rings. The monoisotopic (exact) mass is 92.1 g/mol. The molecular formula is C2H12N4. The van der Waals surface area contributed by atoms with Crippen LogP contribution in [0.1, 0.15) is 0 Å². The van der Waals surface area contributed by atoms with Crippen molar-refractivity contribution in [3.63, 3.8) is 0 Å².